The Hall–Kier alpha value is -3.61. The highest BCUT2D eigenvalue weighted by Crippen LogP contribution is 2.28. The summed E-state index contributed by atoms with van der Waals surface area (Å²) in [4.78, 5) is 14.9. The lowest BCUT2D eigenvalue weighted by molar-refractivity contribution is 0.102. The van der Waals surface area contributed by atoms with E-state index in [4.69, 9.17) is 9.47 Å². The molecule has 1 fully saturated rings. The summed E-state index contributed by atoms with van der Waals surface area (Å²) in [5, 5.41) is 11.7. The van der Waals surface area contributed by atoms with Gasteiger partial charge in [-0.25, -0.2) is 0 Å². The quantitative estimate of drug-likeness (QED) is 0.611. The Bertz CT molecular complexity index is 1060. The molecule has 1 aliphatic rings. The van der Waals surface area contributed by atoms with Crippen molar-refractivity contribution in [2.75, 3.05) is 37.5 Å². The number of piperidine rings is 1. The molecule has 4 rings (SSSR count). The molecule has 2 aromatic carbocycles. The molecular weight excluding hydrogens is 404 g/mol. The summed E-state index contributed by atoms with van der Waals surface area (Å²) >= 11 is 0. The van der Waals surface area contributed by atoms with Crippen LogP contribution in [0.15, 0.2) is 54.6 Å². The number of rotatable bonds is 6. The largest absolute Gasteiger partial charge is 0.493 e. The van der Waals surface area contributed by atoms with Crippen molar-refractivity contribution >= 4 is 17.4 Å². The average molecular weight is 433 g/mol. The lowest BCUT2D eigenvalue weighted by Crippen LogP contribution is -2.33. The van der Waals surface area contributed by atoms with E-state index in [0.717, 1.165) is 36.1 Å². The van der Waals surface area contributed by atoms with Crippen LogP contribution in [0.2, 0.25) is 0 Å². The van der Waals surface area contributed by atoms with Crippen molar-refractivity contribution < 1.29 is 14.3 Å². The number of nitrogens with zero attached hydrogens (tertiary/aromatic N) is 3. The fourth-order valence-corrected chi connectivity index (χ4v) is 3.79. The van der Waals surface area contributed by atoms with Gasteiger partial charge in [0.25, 0.3) is 5.91 Å². The van der Waals surface area contributed by atoms with Crippen LogP contribution in [-0.2, 0) is 0 Å². The summed E-state index contributed by atoms with van der Waals surface area (Å²) in [5.74, 6) is 2.58. The van der Waals surface area contributed by atoms with Crippen molar-refractivity contribution in [3.63, 3.8) is 0 Å². The van der Waals surface area contributed by atoms with Crippen molar-refractivity contribution in [2.45, 2.75) is 19.8 Å². The smallest absolute Gasteiger partial charge is 0.255 e. The van der Waals surface area contributed by atoms with Gasteiger partial charge in [-0.15, -0.1) is 10.2 Å². The minimum atomic E-state index is -0.223. The van der Waals surface area contributed by atoms with Gasteiger partial charge in [-0.05, 0) is 61.2 Å². The Morgan fingerprint density at radius 3 is 2.28 bits per heavy atom. The predicted octanol–water partition coefficient (Wildman–Crippen LogP) is 4.65. The van der Waals surface area contributed by atoms with Crippen LogP contribution in [0.4, 0.5) is 11.5 Å². The molecule has 1 saturated heterocycles. The molecule has 3 aromatic rings. The summed E-state index contributed by atoms with van der Waals surface area (Å²) in [6, 6.07) is 16.7. The van der Waals surface area contributed by atoms with Gasteiger partial charge in [0.05, 0.1) is 19.9 Å². The number of aromatic nitrogens is 2. The van der Waals surface area contributed by atoms with Crippen molar-refractivity contribution in [1.29, 1.82) is 0 Å². The van der Waals surface area contributed by atoms with E-state index in [0.29, 0.717) is 22.7 Å². The van der Waals surface area contributed by atoms with E-state index in [1.165, 1.54) is 12.8 Å². The van der Waals surface area contributed by atoms with E-state index >= 15 is 0 Å². The van der Waals surface area contributed by atoms with E-state index in [2.05, 4.69) is 27.3 Å². The second-order valence-electron chi connectivity index (χ2n) is 8.05. The van der Waals surface area contributed by atoms with Crippen LogP contribution in [0.25, 0.3) is 11.3 Å². The molecule has 7 heteroatoms. The molecule has 1 amide bonds. The average Bonchev–Trinajstić information content (AvgIpc) is 2.84. The minimum absolute atomic E-state index is 0.223. The number of methoxy groups -OCH3 is 2. The SMILES string of the molecule is COc1ccc(C(=O)Nc2ccc(-c3ccc(N4CCC(C)CC4)nn3)cc2)cc1OC. The van der Waals surface area contributed by atoms with Crippen molar-refractivity contribution in [2.24, 2.45) is 5.92 Å². The molecule has 166 valence electrons. The first-order chi connectivity index (χ1) is 15.6. The molecule has 0 saturated carbocycles. The fraction of sp³-hybridized carbons (Fsp3) is 0.320. The first-order valence-electron chi connectivity index (χ1n) is 10.8. The number of benzene rings is 2. The number of nitrogens with one attached hydrogen (secondary N) is 1. The first-order valence-corrected chi connectivity index (χ1v) is 10.8. The molecule has 0 atom stereocenters. The molecule has 1 aromatic heterocycles. The van der Waals surface area contributed by atoms with Gasteiger partial charge in [0.2, 0.25) is 0 Å². The third kappa shape index (κ3) is 4.82. The number of carbonyl (C=O) groups is 1. The number of amides is 1. The second-order valence-corrected chi connectivity index (χ2v) is 8.05. The number of hydrogen-bond acceptors (Lipinski definition) is 6. The summed E-state index contributed by atoms with van der Waals surface area (Å²) in [7, 11) is 3.10. The van der Waals surface area contributed by atoms with Crippen molar-refractivity contribution in [3.05, 3.63) is 60.2 Å². The maximum Gasteiger partial charge on any atom is 0.255 e. The molecule has 1 N–H and O–H groups in total. The second kappa shape index (κ2) is 9.68. The molecule has 2 heterocycles. The van der Waals surface area contributed by atoms with Gasteiger partial charge in [0, 0.05) is 29.9 Å². The molecule has 0 spiro atoms. The Labute approximate surface area is 188 Å². The third-order valence-electron chi connectivity index (χ3n) is 5.84. The summed E-state index contributed by atoms with van der Waals surface area (Å²) < 4.78 is 10.5. The lowest BCUT2D eigenvalue weighted by Gasteiger charge is -2.30. The van der Waals surface area contributed by atoms with Gasteiger partial charge in [0.15, 0.2) is 17.3 Å². The van der Waals surface area contributed by atoms with E-state index in [1.54, 1.807) is 32.4 Å². The van der Waals surface area contributed by atoms with Crippen LogP contribution in [0.3, 0.4) is 0 Å². The molecule has 7 nitrogen and oxygen atoms in total. The van der Waals surface area contributed by atoms with Crippen LogP contribution in [0, 0.1) is 5.92 Å². The van der Waals surface area contributed by atoms with Crippen LogP contribution in [0.1, 0.15) is 30.1 Å². The Kier molecular flexibility index (Phi) is 6.54. The molecular formula is C25H28N4O3. The molecule has 0 unspecified atom stereocenters. The zero-order valence-corrected chi connectivity index (χ0v) is 18.7. The monoisotopic (exact) mass is 432 g/mol. The zero-order valence-electron chi connectivity index (χ0n) is 18.7. The van der Waals surface area contributed by atoms with Gasteiger partial charge in [0.1, 0.15) is 0 Å². The van der Waals surface area contributed by atoms with Gasteiger partial charge in [-0.1, -0.05) is 19.1 Å². The highest BCUT2D eigenvalue weighted by molar-refractivity contribution is 6.04. The Morgan fingerprint density at radius 1 is 0.938 bits per heavy atom. The predicted molar refractivity (Wildman–Crippen MR) is 126 cm³/mol. The topological polar surface area (TPSA) is 76.6 Å². The molecule has 1 aliphatic heterocycles. The number of anilines is 2. The summed E-state index contributed by atoms with van der Waals surface area (Å²) in [5.41, 5.74) is 2.93. The standard InChI is InChI=1S/C25H28N4O3/c1-17-12-14-29(15-13-17)24-11-9-21(27-28-24)18-4-7-20(8-5-18)26-25(30)19-6-10-22(31-2)23(16-19)32-3/h4-11,16-17H,12-15H2,1-3H3,(H,26,30). The van der Waals surface area contributed by atoms with Gasteiger partial charge >= 0.3 is 0 Å². The summed E-state index contributed by atoms with van der Waals surface area (Å²) in [6.07, 6.45) is 2.39. The maximum atomic E-state index is 12.6. The normalized spacial score (nSPS) is 14.2. The Balaban J connectivity index is 1.41. The highest BCUT2D eigenvalue weighted by Gasteiger charge is 2.17. The number of ether oxygens (including phenoxy) is 2. The summed E-state index contributed by atoms with van der Waals surface area (Å²) in [6.45, 7) is 4.36. The van der Waals surface area contributed by atoms with Gasteiger partial charge in [-0.2, -0.15) is 0 Å². The van der Waals surface area contributed by atoms with E-state index in [9.17, 15) is 4.79 Å². The molecule has 32 heavy (non-hydrogen) atoms. The van der Waals surface area contributed by atoms with Crippen molar-refractivity contribution in [1.82, 2.24) is 10.2 Å². The van der Waals surface area contributed by atoms with Gasteiger partial charge < -0.3 is 19.7 Å². The molecule has 0 aliphatic carbocycles. The minimum Gasteiger partial charge on any atom is -0.493 e. The van der Waals surface area contributed by atoms with Gasteiger partial charge in [-0.3, -0.25) is 4.79 Å². The van der Waals surface area contributed by atoms with E-state index in [-0.39, 0.29) is 5.91 Å². The number of hydrogen-bond donors (Lipinski definition) is 1. The fourth-order valence-electron chi connectivity index (χ4n) is 3.79. The maximum absolute atomic E-state index is 12.6. The van der Waals surface area contributed by atoms with Crippen molar-refractivity contribution in [3.8, 4) is 22.8 Å². The molecule has 0 radical (unpaired) electrons. The lowest BCUT2D eigenvalue weighted by atomic mass is 9.99. The number of carbonyl (C=O) groups excluding carboxylic acids is 1. The van der Waals surface area contributed by atoms with Crippen LogP contribution < -0.4 is 19.7 Å². The van der Waals surface area contributed by atoms with Crippen LogP contribution >= 0.6 is 0 Å². The zero-order chi connectivity index (χ0) is 22.5. The van der Waals surface area contributed by atoms with Crippen LogP contribution in [0.5, 0.6) is 11.5 Å². The highest BCUT2D eigenvalue weighted by atomic mass is 16.5. The Morgan fingerprint density at radius 2 is 1.66 bits per heavy atom. The van der Waals surface area contributed by atoms with Crippen LogP contribution in [-0.4, -0.2) is 43.4 Å². The molecule has 0 bridgehead atoms. The van der Waals surface area contributed by atoms with E-state index in [1.807, 2.05) is 36.4 Å². The van der Waals surface area contributed by atoms with E-state index < -0.39 is 0 Å². The third-order valence-corrected chi connectivity index (χ3v) is 5.84. The first kappa shape index (κ1) is 21.6.